The molecule has 1 aromatic carbocycles. The lowest BCUT2D eigenvalue weighted by Crippen LogP contribution is -2.37. The van der Waals surface area contributed by atoms with E-state index in [-0.39, 0.29) is 12.5 Å². The first-order valence-electron chi connectivity index (χ1n) is 8.63. The molecule has 3 rings (SSSR count). The fourth-order valence-corrected chi connectivity index (χ4v) is 3.05. The second-order valence-corrected chi connectivity index (χ2v) is 7.70. The summed E-state index contributed by atoms with van der Waals surface area (Å²) in [6, 6.07) is 6.96. The highest BCUT2D eigenvalue weighted by Gasteiger charge is 2.26. The third-order valence-corrected chi connectivity index (χ3v) is 4.17. The lowest BCUT2D eigenvalue weighted by atomic mass is 9.99. The molecule has 0 saturated heterocycles. The van der Waals surface area contributed by atoms with Gasteiger partial charge >= 0.3 is 5.97 Å². The third-order valence-electron chi connectivity index (χ3n) is 3.93. The number of carbonyl (C=O) groups is 2. The highest BCUT2D eigenvalue weighted by molar-refractivity contribution is 6.30. The molecule has 142 valence electrons. The number of halogens is 1. The number of nitrogens with zero attached hydrogens (tertiary/aromatic N) is 2. The van der Waals surface area contributed by atoms with Gasteiger partial charge in [0.2, 0.25) is 0 Å². The summed E-state index contributed by atoms with van der Waals surface area (Å²) in [5.41, 5.74) is 1.61. The monoisotopic (exact) mass is 388 g/mol. The van der Waals surface area contributed by atoms with E-state index in [1.165, 1.54) is 6.20 Å². The van der Waals surface area contributed by atoms with Gasteiger partial charge in [-0.2, -0.15) is 0 Å². The molecule has 0 atom stereocenters. The number of rotatable bonds is 4. The first kappa shape index (κ1) is 19.2. The van der Waals surface area contributed by atoms with Crippen LogP contribution in [0, 0.1) is 0 Å². The Morgan fingerprint density at radius 3 is 2.78 bits per heavy atom. The van der Waals surface area contributed by atoms with Gasteiger partial charge in [0.05, 0.1) is 18.1 Å². The van der Waals surface area contributed by atoms with E-state index in [0.717, 1.165) is 5.56 Å². The van der Waals surface area contributed by atoms with Crippen molar-refractivity contribution in [1.82, 2.24) is 4.98 Å². The van der Waals surface area contributed by atoms with Crippen molar-refractivity contribution in [2.75, 3.05) is 18.1 Å². The molecule has 0 spiro atoms. The van der Waals surface area contributed by atoms with Gasteiger partial charge in [-0.05, 0) is 51.0 Å². The predicted molar refractivity (Wildman–Crippen MR) is 102 cm³/mol. The van der Waals surface area contributed by atoms with Crippen molar-refractivity contribution < 1.29 is 19.1 Å². The van der Waals surface area contributed by atoms with E-state index < -0.39 is 11.6 Å². The second-order valence-electron chi connectivity index (χ2n) is 7.26. The van der Waals surface area contributed by atoms with Crippen LogP contribution in [0.4, 0.5) is 5.69 Å². The van der Waals surface area contributed by atoms with E-state index >= 15 is 0 Å². The molecule has 1 aliphatic rings. The number of carbonyl (C=O) groups excluding carboxylic acids is 2. The van der Waals surface area contributed by atoms with E-state index in [1.54, 1.807) is 50.1 Å². The maximum absolute atomic E-state index is 12.8. The lowest BCUT2D eigenvalue weighted by molar-refractivity contribution is -0.157. The van der Waals surface area contributed by atoms with Crippen LogP contribution in [-0.2, 0) is 16.0 Å². The lowest BCUT2D eigenvalue weighted by Gasteiger charge is -2.28. The van der Waals surface area contributed by atoms with Gasteiger partial charge in [-0.1, -0.05) is 11.6 Å². The maximum atomic E-state index is 12.8. The first-order chi connectivity index (χ1) is 12.7. The number of hydrogen-bond acceptors (Lipinski definition) is 5. The summed E-state index contributed by atoms with van der Waals surface area (Å²) in [6.07, 6.45) is 3.79. The molecule has 1 amide bonds. The molecular weight excluding hydrogens is 368 g/mol. The smallest absolute Gasteiger partial charge is 0.344 e. The first-order valence-corrected chi connectivity index (χ1v) is 9.01. The molecule has 6 nitrogen and oxygen atoms in total. The Balaban J connectivity index is 1.71. The predicted octanol–water partition coefficient (Wildman–Crippen LogP) is 3.66. The average Bonchev–Trinajstić information content (AvgIpc) is 2.59. The molecule has 0 unspecified atom stereocenters. The van der Waals surface area contributed by atoms with E-state index in [1.807, 2.05) is 6.07 Å². The van der Waals surface area contributed by atoms with Crippen LogP contribution in [0.5, 0.6) is 5.75 Å². The Morgan fingerprint density at radius 1 is 1.26 bits per heavy atom. The van der Waals surface area contributed by atoms with Crippen LogP contribution >= 0.6 is 11.6 Å². The minimum atomic E-state index is -0.572. The number of anilines is 1. The Bertz CT molecular complexity index is 877. The van der Waals surface area contributed by atoms with Gasteiger partial charge in [0.1, 0.15) is 11.4 Å². The van der Waals surface area contributed by atoms with Gasteiger partial charge in [-0.3, -0.25) is 9.78 Å². The molecule has 27 heavy (non-hydrogen) atoms. The van der Waals surface area contributed by atoms with Gasteiger partial charge in [-0.15, -0.1) is 0 Å². The number of fused-ring (bicyclic) bond motifs is 1. The summed E-state index contributed by atoms with van der Waals surface area (Å²) in [7, 11) is 0. The summed E-state index contributed by atoms with van der Waals surface area (Å²) in [5, 5.41) is 0.620. The molecule has 2 heterocycles. The SMILES string of the molecule is CC(C)(C)OC(=O)COc1cncc(N2CCc3cc(Cl)ccc3C2=O)c1. The fourth-order valence-electron chi connectivity index (χ4n) is 2.85. The zero-order valence-corrected chi connectivity index (χ0v) is 16.2. The molecule has 2 aromatic rings. The van der Waals surface area contributed by atoms with Crippen LogP contribution < -0.4 is 9.64 Å². The van der Waals surface area contributed by atoms with Crippen LogP contribution in [0.1, 0.15) is 36.7 Å². The van der Waals surface area contributed by atoms with Crippen molar-refractivity contribution in [3.63, 3.8) is 0 Å². The molecule has 0 fully saturated rings. The molecule has 1 aliphatic heterocycles. The number of hydrogen-bond donors (Lipinski definition) is 0. The fraction of sp³-hybridized carbons (Fsp3) is 0.350. The highest BCUT2D eigenvalue weighted by atomic mass is 35.5. The zero-order valence-electron chi connectivity index (χ0n) is 15.5. The minimum absolute atomic E-state index is 0.112. The Kier molecular flexibility index (Phi) is 5.37. The Morgan fingerprint density at radius 2 is 2.04 bits per heavy atom. The normalized spacial score (nSPS) is 13.9. The molecular formula is C20H21ClN2O4. The van der Waals surface area contributed by atoms with Gasteiger partial charge in [0.25, 0.3) is 5.91 Å². The van der Waals surface area contributed by atoms with Gasteiger partial charge in [-0.25, -0.2) is 4.79 Å². The Hall–Kier alpha value is -2.60. The zero-order chi connectivity index (χ0) is 19.6. The van der Waals surface area contributed by atoms with E-state index in [9.17, 15) is 9.59 Å². The van der Waals surface area contributed by atoms with Crippen LogP contribution in [0.25, 0.3) is 0 Å². The number of benzene rings is 1. The number of esters is 1. The summed E-state index contributed by atoms with van der Waals surface area (Å²) < 4.78 is 10.7. The van der Waals surface area contributed by atoms with Crippen molar-refractivity contribution in [2.24, 2.45) is 0 Å². The molecule has 0 radical (unpaired) electrons. The van der Waals surface area contributed by atoms with Crippen LogP contribution in [-0.4, -0.2) is 35.6 Å². The van der Waals surface area contributed by atoms with E-state index in [4.69, 9.17) is 21.1 Å². The second kappa shape index (κ2) is 7.56. The van der Waals surface area contributed by atoms with Crippen molar-refractivity contribution in [3.8, 4) is 5.75 Å². The Labute approximate surface area is 163 Å². The average molecular weight is 389 g/mol. The van der Waals surface area contributed by atoms with Crippen molar-refractivity contribution >= 4 is 29.2 Å². The largest absolute Gasteiger partial charge is 0.480 e. The quantitative estimate of drug-likeness (QED) is 0.747. The van der Waals surface area contributed by atoms with Crippen LogP contribution in [0.2, 0.25) is 5.02 Å². The van der Waals surface area contributed by atoms with Gasteiger partial charge in [0, 0.05) is 23.2 Å². The highest BCUT2D eigenvalue weighted by Crippen LogP contribution is 2.28. The van der Waals surface area contributed by atoms with E-state index in [0.29, 0.717) is 35.0 Å². The number of pyridine rings is 1. The summed E-state index contributed by atoms with van der Waals surface area (Å²) >= 11 is 6.01. The summed E-state index contributed by atoms with van der Waals surface area (Å²) in [4.78, 5) is 30.4. The standard InChI is InChI=1S/C20H21ClN2O4/c1-20(2,3)27-18(24)12-26-16-9-15(10-22-11-16)23-7-6-13-8-14(21)4-5-17(13)19(23)25/h4-5,8-11H,6-7,12H2,1-3H3. The third kappa shape index (κ3) is 4.77. The van der Waals surface area contributed by atoms with Gasteiger partial charge in [0.15, 0.2) is 6.61 Å². The number of aromatic nitrogens is 1. The van der Waals surface area contributed by atoms with Crippen LogP contribution in [0.3, 0.4) is 0 Å². The molecule has 1 aromatic heterocycles. The number of ether oxygens (including phenoxy) is 2. The van der Waals surface area contributed by atoms with Gasteiger partial charge < -0.3 is 14.4 Å². The molecule has 0 N–H and O–H groups in total. The van der Waals surface area contributed by atoms with Crippen molar-refractivity contribution in [2.45, 2.75) is 32.8 Å². The van der Waals surface area contributed by atoms with Crippen LogP contribution in [0.15, 0.2) is 36.7 Å². The topological polar surface area (TPSA) is 68.7 Å². The minimum Gasteiger partial charge on any atom is -0.480 e. The van der Waals surface area contributed by atoms with E-state index in [2.05, 4.69) is 4.98 Å². The molecule has 0 aliphatic carbocycles. The molecule has 0 bridgehead atoms. The molecule has 7 heteroatoms. The molecule has 0 saturated carbocycles. The summed E-state index contributed by atoms with van der Waals surface area (Å²) in [6.45, 7) is 5.67. The summed E-state index contributed by atoms with van der Waals surface area (Å²) in [5.74, 6) is -0.181. The number of amides is 1. The van der Waals surface area contributed by atoms with Crippen molar-refractivity contribution in [3.05, 3.63) is 52.8 Å². The van der Waals surface area contributed by atoms with Crippen molar-refractivity contribution in [1.29, 1.82) is 0 Å². The maximum Gasteiger partial charge on any atom is 0.344 e.